The van der Waals surface area contributed by atoms with Crippen molar-refractivity contribution in [3.05, 3.63) is 176 Å². The number of aromatic nitrogens is 3. The van der Waals surface area contributed by atoms with Gasteiger partial charge in [-0.25, -0.2) is 15.0 Å². The van der Waals surface area contributed by atoms with Crippen LogP contribution in [-0.4, -0.2) is 15.0 Å². The zero-order chi connectivity index (χ0) is 36.7. The van der Waals surface area contributed by atoms with Crippen LogP contribution in [0.1, 0.15) is 0 Å². The fourth-order valence-corrected chi connectivity index (χ4v) is 9.82. The highest BCUT2D eigenvalue weighted by atomic mass is 32.1. The maximum Gasteiger partial charge on any atom is 0.164 e. The van der Waals surface area contributed by atoms with E-state index in [1.54, 1.807) is 0 Å². The highest BCUT2D eigenvalue weighted by Crippen LogP contribution is 2.44. The Bertz CT molecular complexity index is 3550. The van der Waals surface area contributed by atoms with E-state index >= 15 is 0 Å². The molecule has 0 atom stereocenters. The molecule has 4 nitrogen and oxygen atoms in total. The van der Waals surface area contributed by atoms with Gasteiger partial charge in [-0.1, -0.05) is 152 Å². The first-order chi connectivity index (χ1) is 27.7. The first-order valence-electron chi connectivity index (χ1n) is 18.8. The first-order valence-corrected chi connectivity index (χ1v) is 19.6. The molecule has 12 aromatic rings. The van der Waals surface area contributed by atoms with Gasteiger partial charge in [-0.05, 0) is 67.7 Å². The van der Waals surface area contributed by atoms with Crippen molar-refractivity contribution in [2.24, 2.45) is 0 Å². The van der Waals surface area contributed by atoms with E-state index in [0.29, 0.717) is 17.5 Å². The summed E-state index contributed by atoms with van der Waals surface area (Å²) in [5.74, 6) is 1.85. The lowest BCUT2D eigenvalue weighted by Gasteiger charge is -2.13. The minimum atomic E-state index is 0.598. The van der Waals surface area contributed by atoms with Crippen molar-refractivity contribution in [3.8, 4) is 45.3 Å². The van der Waals surface area contributed by atoms with E-state index in [2.05, 4.69) is 146 Å². The largest absolute Gasteiger partial charge is 0.456 e. The number of furan rings is 1. The molecule has 9 aromatic carbocycles. The number of nitrogens with zero attached hydrogens (tertiary/aromatic N) is 3. The van der Waals surface area contributed by atoms with Gasteiger partial charge in [0.15, 0.2) is 17.5 Å². The fraction of sp³-hybridized carbons (Fsp3) is 0. The molecule has 0 aliphatic carbocycles. The van der Waals surface area contributed by atoms with Gasteiger partial charge >= 0.3 is 0 Å². The topological polar surface area (TPSA) is 51.8 Å². The molecule has 3 heterocycles. The van der Waals surface area contributed by atoms with Gasteiger partial charge in [-0.2, -0.15) is 0 Å². The molecule has 260 valence electrons. The van der Waals surface area contributed by atoms with Crippen LogP contribution < -0.4 is 0 Å². The molecule has 0 saturated carbocycles. The molecule has 0 spiro atoms. The quantitative estimate of drug-likeness (QED) is 0.169. The van der Waals surface area contributed by atoms with Crippen molar-refractivity contribution >= 4 is 85.8 Å². The third kappa shape index (κ3) is 4.75. The first kappa shape index (κ1) is 31.2. The van der Waals surface area contributed by atoms with Crippen molar-refractivity contribution in [2.45, 2.75) is 0 Å². The molecule has 0 unspecified atom stereocenters. The summed E-state index contributed by atoms with van der Waals surface area (Å²) < 4.78 is 9.21. The van der Waals surface area contributed by atoms with Gasteiger partial charge in [0.25, 0.3) is 0 Å². The van der Waals surface area contributed by atoms with Crippen LogP contribution in [0.25, 0.3) is 120 Å². The molecular weight excluding hydrogens is 703 g/mol. The summed E-state index contributed by atoms with van der Waals surface area (Å²) in [6.07, 6.45) is 0. The molecule has 0 bridgehead atoms. The Morgan fingerprint density at radius 1 is 0.357 bits per heavy atom. The van der Waals surface area contributed by atoms with Gasteiger partial charge in [0, 0.05) is 47.6 Å². The zero-order valence-corrected chi connectivity index (χ0v) is 30.7. The number of fused-ring (bicyclic) bond motifs is 11. The summed E-state index contributed by atoms with van der Waals surface area (Å²) in [7, 11) is 0. The standard InChI is InChI=1S/C51H29N3OS/c1-2-13-31(14-3-1)49-52-50(54-51(53-49)42-28-32-15-5-6-16-34(32)37-18-8-9-19-38(37)42)41-21-11-23-44-47(41)46-35(20-10-22-43(46)55-44)33-25-26-39-40-27-24-30-12-4-7-17-36(30)48(40)56-45(39)29-33/h1-29H. The van der Waals surface area contributed by atoms with Crippen molar-refractivity contribution in [2.75, 3.05) is 0 Å². The molecule has 0 fully saturated rings. The summed E-state index contributed by atoms with van der Waals surface area (Å²) in [6, 6.07) is 62.0. The molecule has 12 rings (SSSR count). The molecule has 3 aromatic heterocycles. The van der Waals surface area contributed by atoms with Crippen LogP contribution in [0.3, 0.4) is 0 Å². The van der Waals surface area contributed by atoms with E-state index in [-0.39, 0.29) is 0 Å². The molecule has 0 N–H and O–H groups in total. The van der Waals surface area contributed by atoms with Crippen LogP contribution in [0.15, 0.2) is 180 Å². The van der Waals surface area contributed by atoms with E-state index in [4.69, 9.17) is 19.4 Å². The van der Waals surface area contributed by atoms with Crippen LogP contribution in [0.2, 0.25) is 0 Å². The van der Waals surface area contributed by atoms with Gasteiger partial charge < -0.3 is 4.42 Å². The Hall–Kier alpha value is -7.21. The van der Waals surface area contributed by atoms with Gasteiger partial charge in [0.2, 0.25) is 0 Å². The van der Waals surface area contributed by atoms with Gasteiger partial charge in [-0.3, -0.25) is 0 Å². The highest BCUT2D eigenvalue weighted by molar-refractivity contribution is 7.26. The average molecular weight is 732 g/mol. The Kier molecular flexibility index (Phi) is 6.76. The van der Waals surface area contributed by atoms with Crippen LogP contribution in [0.4, 0.5) is 0 Å². The van der Waals surface area contributed by atoms with Crippen LogP contribution in [0, 0.1) is 0 Å². The summed E-state index contributed by atoms with van der Waals surface area (Å²) in [4.78, 5) is 15.7. The monoisotopic (exact) mass is 731 g/mol. The van der Waals surface area contributed by atoms with Crippen molar-refractivity contribution in [1.82, 2.24) is 15.0 Å². The Morgan fingerprint density at radius 2 is 0.982 bits per heavy atom. The minimum absolute atomic E-state index is 0.598. The van der Waals surface area contributed by atoms with E-state index in [1.807, 2.05) is 41.7 Å². The number of thiophene rings is 1. The second kappa shape index (κ2) is 12.2. The van der Waals surface area contributed by atoms with E-state index in [0.717, 1.165) is 60.5 Å². The van der Waals surface area contributed by atoms with Crippen LogP contribution in [-0.2, 0) is 0 Å². The predicted octanol–water partition coefficient (Wildman–Crippen LogP) is 14.3. The van der Waals surface area contributed by atoms with E-state index in [1.165, 1.54) is 41.7 Å². The molecule has 0 aliphatic heterocycles. The molecule has 0 amide bonds. The number of benzene rings is 9. The van der Waals surface area contributed by atoms with Crippen LogP contribution in [0.5, 0.6) is 0 Å². The molecular formula is C51H29N3OS. The number of hydrogen-bond donors (Lipinski definition) is 0. The SMILES string of the molecule is c1ccc(-c2nc(-c3cc4ccccc4c4ccccc34)nc(-c3cccc4oc5cccc(-c6ccc7c(c6)sc6c8ccccc8ccc76)c5c34)n2)cc1. The Morgan fingerprint density at radius 3 is 1.80 bits per heavy atom. The lowest BCUT2D eigenvalue weighted by molar-refractivity contribution is 0.669. The molecule has 0 radical (unpaired) electrons. The summed E-state index contributed by atoms with van der Waals surface area (Å²) in [5.41, 5.74) is 6.65. The summed E-state index contributed by atoms with van der Waals surface area (Å²) in [6.45, 7) is 0. The summed E-state index contributed by atoms with van der Waals surface area (Å²) in [5, 5.41) is 11.8. The van der Waals surface area contributed by atoms with Gasteiger partial charge in [0.05, 0.1) is 0 Å². The molecule has 0 aliphatic rings. The lowest BCUT2D eigenvalue weighted by atomic mass is 9.96. The van der Waals surface area contributed by atoms with E-state index < -0.39 is 0 Å². The smallest absolute Gasteiger partial charge is 0.164 e. The second-order valence-corrected chi connectivity index (χ2v) is 15.4. The normalized spacial score (nSPS) is 11.9. The lowest BCUT2D eigenvalue weighted by Crippen LogP contribution is -2.01. The highest BCUT2D eigenvalue weighted by Gasteiger charge is 2.21. The Balaban J connectivity index is 1.11. The van der Waals surface area contributed by atoms with Gasteiger partial charge in [0.1, 0.15) is 11.2 Å². The Labute approximate surface area is 325 Å². The van der Waals surface area contributed by atoms with E-state index in [9.17, 15) is 0 Å². The predicted molar refractivity (Wildman–Crippen MR) is 234 cm³/mol. The number of rotatable bonds is 4. The maximum atomic E-state index is 6.63. The maximum absolute atomic E-state index is 6.63. The molecule has 5 heteroatoms. The third-order valence-electron chi connectivity index (χ3n) is 11.1. The zero-order valence-electron chi connectivity index (χ0n) is 29.9. The van der Waals surface area contributed by atoms with Crippen molar-refractivity contribution in [1.29, 1.82) is 0 Å². The molecule has 0 saturated heterocycles. The number of hydrogen-bond acceptors (Lipinski definition) is 5. The average Bonchev–Trinajstić information content (AvgIpc) is 3.85. The van der Waals surface area contributed by atoms with Gasteiger partial charge in [-0.15, -0.1) is 11.3 Å². The van der Waals surface area contributed by atoms with Crippen molar-refractivity contribution < 1.29 is 4.42 Å². The third-order valence-corrected chi connectivity index (χ3v) is 12.3. The molecule has 56 heavy (non-hydrogen) atoms. The second-order valence-electron chi connectivity index (χ2n) is 14.3. The van der Waals surface area contributed by atoms with Crippen LogP contribution >= 0.6 is 11.3 Å². The minimum Gasteiger partial charge on any atom is -0.456 e. The van der Waals surface area contributed by atoms with Crippen molar-refractivity contribution in [3.63, 3.8) is 0 Å². The fourth-order valence-electron chi connectivity index (χ4n) is 8.54. The summed E-state index contributed by atoms with van der Waals surface area (Å²) >= 11 is 1.86.